The van der Waals surface area contributed by atoms with Crippen molar-refractivity contribution in [2.75, 3.05) is 0 Å². The molecule has 13 heavy (non-hydrogen) atoms. The summed E-state index contributed by atoms with van der Waals surface area (Å²) < 4.78 is 4.89. The lowest BCUT2D eigenvalue weighted by molar-refractivity contribution is -0.151. The first-order chi connectivity index (χ1) is 6.00. The van der Waals surface area contributed by atoms with Gasteiger partial charge in [-0.05, 0) is 26.0 Å². The van der Waals surface area contributed by atoms with Gasteiger partial charge in [0.1, 0.15) is 5.75 Å². The zero-order valence-corrected chi connectivity index (χ0v) is 7.65. The highest BCUT2D eigenvalue weighted by molar-refractivity contribution is 5.80. The van der Waals surface area contributed by atoms with Crippen molar-refractivity contribution in [1.29, 1.82) is 0 Å². The number of ether oxygens (including phenoxy) is 1. The maximum Gasteiger partial charge on any atom is 0.342 e. The van der Waals surface area contributed by atoms with Crippen LogP contribution in [-0.2, 0) is 4.79 Å². The molecule has 0 saturated carbocycles. The van der Waals surface area contributed by atoms with Crippen molar-refractivity contribution < 1.29 is 14.6 Å². The van der Waals surface area contributed by atoms with E-state index in [2.05, 4.69) is 0 Å². The summed E-state index contributed by atoms with van der Waals surface area (Å²) in [6, 6.07) is 8.65. The monoisotopic (exact) mass is 180 g/mol. The summed E-state index contributed by atoms with van der Waals surface area (Å²) in [7, 11) is 0. The Labute approximate surface area is 77.0 Å². The van der Waals surface area contributed by atoms with E-state index in [9.17, 15) is 9.90 Å². The van der Waals surface area contributed by atoms with Gasteiger partial charge in [0.25, 0.3) is 0 Å². The van der Waals surface area contributed by atoms with Gasteiger partial charge in [0, 0.05) is 0 Å². The Balaban J connectivity index is 2.66. The van der Waals surface area contributed by atoms with Gasteiger partial charge in [-0.1, -0.05) is 18.2 Å². The summed E-state index contributed by atoms with van der Waals surface area (Å²) in [5.41, 5.74) is -1.45. The number of hydrogen-bond acceptors (Lipinski definition) is 3. The lowest BCUT2D eigenvalue weighted by atomic mass is 10.1. The number of rotatable bonds is 2. The van der Waals surface area contributed by atoms with E-state index in [4.69, 9.17) is 4.74 Å². The van der Waals surface area contributed by atoms with Crippen LogP contribution in [0.1, 0.15) is 13.8 Å². The van der Waals surface area contributed by atoms with Gasteiger partial charge in [0.15, 0.2) is 5.60 Å². The van der Waals surface area contributed by atoms with Crippen molar-refractivity contribution in [1.82, 2.24) is 0 Å². The Kier molecular flexibility index (Phi) is 2.68. The van der Waals surface area contributed by atoms with Crippen molar-refractivity contribution in [2.45, 2.75) is 19.4 Å². The quantitative estimate of drug-likeness (QED) is 0.552. The minimum Gasteiger partial charge on any atom is -0.424 e. The Hall–Kier alpha value is -1.35. The van der Waals surface area contributed by atoms with Crippen LogP contribution in [-0.4, -0.2) is 16.7 Å². The molecule has 0 bridgehead atoms. The van der Waals surface area contributed by atoms with E-state index in [-0.39, 0.29) is 0 Å². The Morgan fingerprint density at radius 3 is 2.31 bits per heavy atom. The van der Waals surface area contributed by atoms with E-state index < -0.39 is 11.6 Å². The molecule has 0 aliphatic heterocycles. The molecule has 0 aromatic heterocycles. The van der Waals surface area contributed by atoms with Gasteiger partial charge in [-0.15, -0.1) is 0 Å². The number of hydrogen-bond donors (Lipinski definition) is 1. The van der Waals surface area contributed by atoms with Crippen molar-refractivity contribution in [2.24, 2.45) is 0 Å². The van der Waals surface area contributed by atoms with Crippen molar-refractivity contribution in [3.63, 3.8) is 0 Å². The average Bonchev–Trinajstić information content (AvgIpc) is 2.04. The molecule has 0 aliphatic carbocycles. The maximum atomic E-state index is 11.2. The first kappa shape index (κ1) is 9.74. The fraction of sp³-hybridized carbons (Fsp3) is 0.300. The van der Waals surface area contributed by atoms with Gasteiger partial charge in [0.2, 0.25) is 0 Å². The number of carbonyl (C=O) groups is 1. The average molecular weight is 180 g/mol. The zero-order valence-electron chi connectivity index (χ0n) is 7.65. The summed E-state index contributed by atoms with van der Waals surface area (Å²) in [6.45, 7) is 2.77. The first-order valence-electron chi connectivity index (χ1n) is 4.00. The molecular weight excluding hydrogens is 168 g/mol. The summed E-state index contributed by atoms with van der Waals surface area (Å²) in [5, 5.41) is 9.27. The fourth-order valence-electron chi connectivity index (χ4n) is 0.720. The van der Waals surface area contributed by atoms with E-state index in [0.29, 0.717) is 5.75 Å². The topological polar surface area (TPSA) is 46.5 Å². The molecule has 0 heterocycles. The normalized spacial score (nSPS) is 11.0. The molecule has 0 aliphatic rings. The van der Waals surface area contributed by atoms with E-state index in [1.54, 1.807) is 24.3 Å². The predicted octanol–water partition coefficient (Wildman–Crippen LogP) is 1.36. The van der Waals surface area contributed by atoms with E-state index in [0.717, 1.165) is 0 Å². The largest absolute Gasteiger partial charge is 0.424 e. The van der Waals surface area contributed by atoms with Crippen molar-refractivity contribution in [3.05, 3.63) is 30.3 Å². The highest BCUT2D eigenvalue weighted by Gasteiger charge is 2.25. The molecule has 3 heteroatoms. The third-order valence-corrected chi connectivity index (χ3v) is 1.45. The van der Waals surface area contributed by atoms with Crippen molar-refractivity contribution >= 4 is 5.97 Å². The molecule has 0 saturated heterocycles. The summed E-state index contributed by atoms with van der Waals surface area (Å²) >= 11 is 0. The van der Waals surface area contributed by atoms with Crippen LogP contribution in [0.5, 0.6) is 5.75 Å². The maximum absolute atomic E-state index is 11.2. The number of esters is 1. The van der Waals surface area contributed by atoms with E-state index in [1.807, 2.05) is 6.07 Å². The molecular formula is C10H12O3. The molecule has 0 radical (unpaired) electrons. The second-order valence-corrected chi connectivity index (χ2v) is 3.26. The molecule has 0 amide bonds. The summed E-state index contributed by atoms with van der Waals surface area (Å²) in [6.07, 6.45) is 0. The number of para-hydroxylation sites is 1. The fourth-order valence-corrected chi connectivity index (χ4v) is 0.720. The van der Waals surface area contributed by atoms with E-state index >= 15 is 0 Å². The molecule has 0 unspecified atom stereocenters. The minimum absolute atomic E-state index is 0.439. The van der Waals surface area contributed by atoms with E-state index in [1.165, 1.54) is 13.8 Å². The van der Waals surface area contributed by atoms with Crippen LogP contribution >= 0.6 is 0 Å². The first-order valence-corrected chi connectivity index (χ1v) is 4.00. The van der Waals surface area contributed by atoms with Gasteiger partial charge < -0.3 is 9.84 Å². The van der Waals surface area contributed by atoms with Crippen LogP contribution in [0.3, 0.4) is 0 Å². The van der Waals surface area contributed by atoms with Gasteiger partial charge in [-0.2, -0.15) is 0 Å². The third-order valence-electron chi connectivity index (χ3n) is 1.45. The summed E-state index contributed by atoms with van der Waals surface area (Å²) in [4.78, 5) is 11.2. The molecule has 1 rings (SSSR count). The highest BCUT2D eigenvalue weighted by atomic mass is 16.6. The van der Waals surface area contributed by atoms with Gasteiger partial charge in [-0.25, -0.2) is 4.79 Å². The number of carbonyl (C=O) groups excluding carboxylic acids is 1. The smallest absolute Gasteiger partial charge is 0.342 e. The Morgan fingerprint density at radius 1 is 1.31 bits per heavy atom. The lowest BCUT2D eigenvalue weighted by Gasteiger charge is -2.14. The van der Waals surface area contributed by atoms with Gasteiger partial charge in [0.05, 0.1) is 0 Å². The van der Waals surface area contributed by atoms with Crippen LogP contribution in [0.2, 0.25) is 0 Å². The second kappa shape index (κ2) is 3.58. The minimum atomic E-state index is -1.45. The van der Waals surface area contributed by atoms with Crippen LogP contribution in [0.4, 0.5) is 0 Å². The molecule has 0 fully saturated rings. The predicted molar refractivity (Wildman–Crippen MR) is 48.4 cm³/mol. The van der Waals surface area contributed by atoms with Gasteiger partial charge >= 0.3 is 5.97 Å². The number of aliphatic hydroxyl groups is 1. The molecule has 1 aromatic rings. The Morgan fingerprint density at radius 2 is 1.85 bits per heavy atom. The zero-order chi connectivity index (χ0) is 9.90. The molecule has 3 nitrogen and oxygen atoms in total. The highest BCUT2D eigenvalue weighted by Crippen LogP contribution is 2.12. The third kappa shape index (κ3) is 2.87. The number of benzene rings is 1. The standard InChI is InChI=1S/C10H12O3/c1-10(2,12)9(11)13-8-6-4-3-5-7-8/h3-7,12H,1-2H3. The second-order valence-electron chi connectivity index (χ2n) is 3.26. The Bertz CT molecular complexity index is 285. The van der Waals surface area contributed by atoms with Crippen molar-refractivity contribution in [3.8, 4) is 5.75 Å². The summed E-state index contributed by atoms with van der Waals surface area (Å²) in [5.74, 6) is -0.215. The van der Waals surface area contributed by atoms with Crippen LogP contribution < -0.4 is 4.74 Å². The molecule has 1 N–H and O–H groups in total. The lowest BCUT2D eigenvalue weighted by Crippen LogP contribution is -2.35. The molecule has 0 atom stereocenters. The van der Waals surface area contributed by atoms with Gasteiger partial charge in [-0.3, -0.25) is 0 Å². The molecule has 0 spiro atoms. The SMILES string of the molecule is CC(C)(O)C(=O)Oc1ccccc1. The molecule has 1 aromatic carbocycles. The van der Waals surface area contributed by atoms with Crippen LogP contribution in [0.15, 0.2) is 30.3 Å². The van der Waals surface area contributed by atoms with Crippen LogP contribution in [0, 0.1) is 0 Å². The van der Waals surface area contributed by atoms with Crippen LogP contribution in [0.25, 0.3) is 0 Å². The molecule has 70 valence electrons.